The van der Waals surface area contributed by atoms with Crippen LogP contribution < -0.4 is 0 Å². The predicted octanol–water partition coefficient (Wildman–Crippen LogP) is 1.74. The molecule has 0 bridgehead atoms. The molecule has 0 aromatic heterocycles. The summed E-state index contributed by atoms with van der Waals surface area (Å²) in [5, 5.41) is 8.92. The van der Waals surface area contributed by atoms with Gasteiger partial charge in [0.1, 0.15) is 0 Å². The maximum atomic E-state index is 10.9. The second-order valence-corrected chi connectivity index (χ2v) is 2.98. The minimum Gasteiger partial charge on any atom is -0.481 e. The molecule has 0 amide bonds. The van der Waals surface area contributed by atoms with Crippen LogP contribution in [0.15, 0.2) is 30.3 Å². The number of hydrogen-bond donors (Lipinski definition) is 1. The zero-order valence-electron chi connectivity index (χ0n) is 7.64. The largest absolute Gasteiger partial charge is 0.481 e. The van der Waals surface area contributed by atoms with Crippen LogP contribution in [0, 0.1) is 0 Å². The van der Waals surface area contributed by atoms with Crippen molar-refractivity contribution in [2.75, 3.05) is 0 Å². The second kappa shape index (κ2) is 5.17. The Morgan fingerprint density at radius 1 is 1.36 bits per heavy atom. The van der Waals surface area contributed by atoms with Crippen molar-refractivity contribution < 1.29 is 14.7 Å². The Hall–Kier alpha value is -1.64. The van der Waals surface area contributed by atoms with Crippen molar-refractivity contribution in [1.82, 2.24) is 0 Å². The van der Waals surface area contributed by atoms with Crippen LogP contribution >= 0.6 is 0 Å². The summed E-state index contributed by atoms with van der Waals surface area (Å²) in [6.45, 7) is 0. The minimum atomic E-state index is -0.897. The van der Waals surface area contributed by atoms with Gasteiger partial charge in [0.05, 0.1) is 5.92 Å². The molecular formula is C11H11O3. The third-order valence-electron chi connectivity index (χ3n) is 2.04. The maximum absolute atomic E-state index is 10.9. The molecule has 0 fully saturated rings. The summed E-state index contributed by atoms with van der Waals surface area (Å²) in [5.41, 5.74) is 0.732. The zero-order chi connectivity index (χ0) is 10.4. The van der Waals surface area contributed by atoms with E-state index in [1.54, 1.807) is 30.6 Å². The van der Waals surface area contributed by atoms with E-state index in [1.165, 1.54) is 0 Å². The van der Waals surface area contributed by atoms with Crippen LogP contribution in [-0.2, 0) is 9.59 Å². The number of hydrogen-bond acceptors (Lipinski definition) is 2. The van der Waals surface area contributed by atoms with Crippen LogP contribution in [0.3, 0.4) is 0 Å². The number of carbonyl (C=O) groups excluding carboxylic acids is 1. The first kappa shape index (κ1) is 10.4. The molecule has 14 heavy (non-hydrogen) atoms. The predicted molar refractivity (Wildman–Crippen MR) is 51.7 cm³/mol. The van der Waals surface area contributed by atoms with E-state index in [1.807, 2.05) is 6.07 Å². The highest BCUT2D eigenvalue weighted by Gasteiger charge is 2.18. The molecule has 1 aromatic carbocycles. The number of carboxylic acid groups (broad SMARTS) is 1. The average Bonchev–Trinajstić information content (AvgIpc) is 2.19. The van der Waals surface area contributed by atoms with Crippen LogP contribution in [-0.4, -0.2) is 17.4 Å². The second-order valence-electron chi connectivity index (χ2n) is 2.98. The Labute approximate surface area is 82.4 Å². The fourth-order valence-corrected chi connectivity index (χ4v) is 1.32. The molecule has 0 saturated carbocycles. The van der Waals surface area contributed by atoms with E-state index >= 15 is 0 Å². The maximum Gasteiger partial charge on any atom is 0.310 e. The molecule has 0 aliphatic carbocycles. The molecule has 1 N–H and O–H groups in total. The number of carbonyl (C=O) groups is 1. The molecule has 0 aliphatic heterocycles. The summed E-state index contributed by atoms with van der Waals surface area (Å²) in [6, 6.07) is 8.91. The summed E-state index contributed by atoms with van der Waals surface area (Å²) in [5.74, 6) is -1.50. The van der Waals surface area contributed by atoms with Crippen molar-refractivity contribution in [2.24, 2.45) is 0 Å². The fraction of sp³-hybridized carbons (Fsp3) is 0.273. The molecule has 0 spiro atoms. The van der Waals surface area contributed by atoms with E-state index < -0.39 is 11.9 Å². The van der Waals surface area contributed by atoms with Crippen LogP contribution in [0.25, 0.3) is 0 Å². The molecule has 0 aliphatic rings. The lowest BCUT2D eigenvalue weighted by Crippen LogP contribution is -2.11. The van der Waals surface area contributed by atoms with Gasteiger partial charge in [-0.15, -0.1) is 0 Å². The Bertz CT molecular complexity index is 306. The number of benzene rings is 1. The lowest BCUT2D eigenvalue weighted by atomic mass is 9.95. The molecule has 0 heterocycles. The Balaban J connectivity index is 2.78. The van der Waals surface area contributed by atoms with Gasteiger partial charge in [-0.3, -0.25) is 9.59 Å². The fourth-order valence-electron chi connectivity index (χ4n) is 1.32. The number of aliphatic carboxylic acids is 1. The van der Waals surface area contributed by atoms with Gasteiger partial charge in [0.2, 0.25) is 0 Å². The van der Waals surface area contributed by atoms with E-state index in [0.717, 1.165) is 5.56 Å². The Morgan fingerprint density at radius 3 is 2.50 bits per heavy atom. The summed E-state index contributed by atoms with van der Waals surface area (Å²) in [6.07, 6.45) is 2.18. The first-order valence-corrected chi connectivity index (χ1v) is 4.38. The molecule has 1 unspecified atom stereocenters. The number of carboxylic acids is 1. The van der Waals surface area contributed by atoms with E-state index in [2.05, 4.69) is 0 Å². The first-order valence-electron chi connectivity index (χ1n) is 4.38. The molecule has 1 aromatic rings. The van der Waals surface area contributed by atoms with Gasteiger partial charge in [-0.05, 0) is 12.0 Å². The van der Waals surface area contributed by atoms with Gasteiger partial charge in [-0.1, -0.05) is 30.3 Å². The smallest absolute Gasteiger partial charge is 0.310 e. The Kier molecular flexibility index (Phi) is 3.85. The number of rotatable bonds is 5. The summed E-state index contributed by atoms with van der Waals surface area (Å²) in [4.78, 5) is 20.9. The van der Waals surface area contributed by atoms with E-state index in [4.69, 9.17) is 5.11 Å². The van der Waals surface area contributed by atoms with Crippen molar-refractivity contribution in [2.45, 2.75) is 18.8 Å². The van der Waals surface area contributed by atoms with Crippen molar-refractivity contribution in [1.29, 1.82) is 0 Å². The van der Waals surface area contributed by atoms with Crippen LogP contribution in [0.1, 0.15) is 24.3 Å². The van der Waals surface area contributed by atoms with Gasteiger partial charge in [0.25, 0.3) is 0 Å². The monoisotopic (exact) mass is 191 g/mol. The van der Waals surface area contributed by atoms with Gasteiger partial charge >= 0.3 is 5.97 Å². The quantitative estimate of drug-likeness (QED) is 0.771. The molecule has 1 atom stereocenters. The molecule has 0 saturated heterocycles. The molecule has 73 valence electrons. The molecule has 3 heteroatoms. The van der Waals surface area contributed by atoms with Gasteiger partial charge in [-0.2, -0.15) is 0 Å². The third-order valence-corrected chi connectivity index (χ3v) is 2.04. The van der Waals surface area contributed by atoms with Crippen LogP contribution in [0.5, 0.6) is 0 Å². The lowest BCUT2D eigenvalue weighted by molar-refractivity contribution is -0.138. The van der Waals surface area contributed by atoms with Gasteiger partial charge in [-0.25, -0.2) is 0 Å². The minimum absolute atomic E-state index is 0.159. The lowest BCUT2D eigenvalue weighted by Gasteiger charge is -2.10. The molecular weight excluding hydrogens is 180 g/mol. The van der Waals surface area contributed by atoms with E-state index in [9.17, 15) is 9.59 Å². The van der Waals surface area contributed by atoms with Crippen LogP contribution in [0.2, 0.25) is 0 Å². The van der Waals surface area contributed by atoms with Crippen LogP contribution in [0.4, 0.5) is 0 Å². The first-order chi connectivity index (χ1) is 6.75. The molecule has 3 nitrogen and oxygen atoms in total. The van der Waals surface area contributed by atoms with E-state index in [-0.39, 0.29) is 6.42 Å². The molecule has 1 radical (unpaired) electrons. The van der Waals surface area contributed by atoms with Crippen molar-refractivity contribution in [3.63, 3.8) is 0 Å². The normalized spacial score (nSPS) is 12.0. The average molecular weight is 191 g/mol. The van der Waals surface area contributed by atoms with Crippen molar-refractivity contribution in [3.8, 4) is 0 Å². The van der Waals surface area contributed by atoms with E-state index in [0.29, 0.717) is 6.42 Å². The molecule has 1 rings (SSSR count). The zero-order valence-corrected chi connectivity index (χ0v) is 7.64. The van der Waals surface area contributed by atoms with Gasteiger partial charge in [0, 0.05) is 6.42 Å². The Morgan fingerprint density at radius 2 is 2.00 bits per heavy atom. The summed E-state index contributed by atoms with van der Waals surface area (Å²) in [7, 11) is 0. The third kappa shape index (κ3) is 2.69. The highest BCUT2D eigenvalue weighted by Crippen LogP contribution is 2.20. The summed E-state index contributed by atoms with van der Waals surface area (Å²) >= 11 is 0. The topological polar surface area (TPSA) is 54.4 Å². The summed E-state index contributed by atoms with van der Waals surface area (Å²) < 4.78 is 0. The van der Waals surface area contributed by atoms with Gasteiger partial charge < -0.3 is 5.11 Å². The SMILES string of the molecule is O=[C]CCC(C(=O)O)c1ccccc1. The van der Waals surface area contributed by atoms with Crippen molar-refractivity contribution in [3.05, 3.63) is 35.9 Å². The van der Waals surface area contributed by atoms with Crippen molar-refractivity contribution >= 4 is 12.3 Å². The standard InChI is InChI=1S/C11H11O3/c12-8-4-7-10(11(13)14)9-5-2-1-3-6-9/h1-3,5-6,10H,4,7H2,(H,13,14). The highest BCUT2D eigenvalue weighted by atomic mass is 16.4. The highest BCUT2D eigenvalue weighted by molar-refractivity contribution is 5.76. The van der Waals surface area contributed by atoms with Gasteiger partial charge in [0.15, 0.2) is 6.29 Å².